The van der Waals surface area contributed by atoms with Gasteiger partial charge in [-0.1, -0.05) is 0 Å². The van der Waals surface area contributed by atoms with Crippen molar-refractivity contribution in [1.29, 1.82) is 0 Å². The molecule has 0 bridgehead atoms. The molecule has 0 fully saturated rings. The van der Waals surface area contributed by atoms with E-state index in [4.69, 9.17) is 0 Å². The fourth-order valence-corrected chi connectivity index (χ4v) is 5.88. The Bertz CT molecular complexity index is 1080. The maximum Gasteiger partial charge on any atom is -1.00 e. The Morgan fingerprint density at radius 3 is 1.51 bits per heavy atom. The van der Waals surface area contributed by atoms with Gasteiger partial charge < -0.3 is 37.2 Å². The fraction of sp³-hybridized carbons (Fsp3) is 0.290. The summed E-state index contributed by atoms with van der Waals surface area (Å²) in [5, 5.41) is 0. The van der Waals surface area contributed by atoms with Crippen LogP contribution in [-0.4, -0.2) is 0 Å². The number of unbranched alkanes of at least 4 members (excludes halogenated alkanes) is 1. The van der Waals surface area contributed by atoms with Gasteiger partial charge in [0.05, 0.1) is 0 Å². The Morgan fingerprint density at radius 2 is 1.14 bits per heavy atom. The maximum atomic E-state index is 2.45. The second kappa shape index (κ2) is 13.9. The molecule has 0 saturated heterocycles. The van der Waals surface area contributed by atoms with Gasteiger partial charge in [0.1, 0.15) is 0 Å². The van der Waals surface area contributed by atoms with E-state index in [0.717, 1.165) is 12.8 Å². The Hall–Kier alpha value is -1.28. The number of allylic oxidation sites excluding steroid dienone is 4. The molecule has 0 spiro atoms. The zero-order valence-corrected chi connectivity index (χ0v) is 24.8. The summed E-state index contributed by atoms with van der Waals surface area (Å²) in [6.45, 7) is 8.94. The standard InChI is InChI=1S/C31H33.3ClH.Ti/c1-5-6-14-26-15-10-19-30(26)31(27-16-7-11-23(2)20-27,28-17-8-12-24(3)21-28)29-18-9-13-25(4)22-29;;;;/h7-13,16-18,20-22H,5-6,14,19H2,1-4H3;3*1H;/q;;;;+3/p-3. The fourth-order valence-electron chi connectivity index (χ4n) is 5.29. The van der Waals surface area contributed by atoms with Crippen molar-refractivity contribution >= 4 is 0 Å². The molecule has 1 aliphatic carbocycles. The van der Waals surface area contributed by atoms with Crippen molar-refractivity contribution in [1.82, 2.24) is 0 Å². The predicted octanol–water partition coefficient (Wildman–Crippen LogP) is -0.721. The number of aryl methyl sites for hydroxylation is 3. The van der Waals surface area contributed by atoms with E-state index in [9.17, 15) is 0 Å². The molecule has 4 heteroatoms. The van der Waals surface area contributed by atoms with E-state index in [1.165, 1.54) is 50.1 Å². The molecule has 1 aliphatic rings. The van der Waals surface area contributed by atoms with E-state index >= 15 is 0 Å². The molecule has 4 rings (SSSR count). The second-order valence-electron chi connectivity index (χ2n) is 9.24. The van der Waals surface area contributed by atoms with Gasteiger partial charge in [-0.25, -0.2) is 0 Å². The van der Waals surface area contributed by atoms with Gasteiger partial charge in [-0.15, -0.1) is 0 Å². The summed E-state index contributed by atoms with van der Waals surface area (Å²) >= 11 is 2.31. The molecule has 0 radical (unpaired) electrons. The number of hydrogen-bond acceptors (Lipinski definition) is 0. The summed E-state index contributed by atoms with van der Waals surface area (Å²) < 4.78 is 1.46. The first-order chi connectivity index (χ1) is 15.5. The van der Waals surface area contributed by atoms with E-state index in [0.29, 0.717) is 0 Å². The Balaban J connectivity index is 0.00000204. The van der Waals surface area contributed by atoms with Crippen molar-refractivity contribution in [3.05, 3.63) is 127 Å². The monoisotopic (exact) mass is 558 g/mol. The predicted molar refractivity (Wildman–Crippen MR) is 133 cm³/mol. The summed E-state index contributed by atoms with van der Waals surface area (Å²) in [6.07, 6.45) is 7.07. The molecule has 0 atom stereocenters. The smallest absolute Gasteiger partial charge is 1.00 e. The van der Waals surface area contributed by atoms with Crippen LogP contribution in [0.1, 0.15) is 66.0 Å². The van der Waals surface area contributed by atoms with Gasteiger partial charge >= 0.3 is 207 Å². The van der Waals surface area contributed by atoms with Crippen LogP contribution in [0.25, 0.3) is 0 Å². The maximum absolute atomic E-state index is 2.45. The molecule has 0 heterocycles. The third-order valence-electron chi connectivity index (χ3n) is 6.79. The Labute approximate surface area is 242 Å². The first-order valence-electron chi connectivity index (χ1n) is 11.8. The average molecular weight is 560 g/mol. The second-order valence-corrected chi connectivity index (χ2v) is 10.1. The third-order valence-corrected chi connectivity index (χ3v) is 7.58. The quantitative estimate of drug-likeness (QED) is 0.265. The summed E-state index contributed by atoms with van der Waals surface area (Å²) in [6, 6.07) is 27.6. The molecule has 0 aliphatic heterocycles. The summed E-state index contributed by atoms with van der Waals surface area (Å²) in [5.41, 5.74) is 10.9. The van der Waals surface area contributed by atoms with Gasteiger partial charge in [0.25, 0.3) is 0 Å². The van der Waals surface area contributed by atoms with E-state index < -0.39 is 0 Å². The largest absolute Gasteiger partial charge is 1.00 e. The molecule has 0 unspecified atom stereocenters. The minimum atomic E-state index is -0.290. The number of halogens is 3. The van der Waals surface area contributed by atoms with E-state index in [1.54, 1.807) is 11.1 Å². The third kappa shape index (κ3) is 6.35. The van der Waals surface area contributed by atoms with Gasteiger partial charge in [-0.05, 0) is 0 Å². The van der Waals surface area contributed by atoms with Crippen molar-refractivity contribution in [2.75, 3.05) is 0 Å². The van der Waals surface area contributed by atoms with Crippen molar-refractivity contribution in [2.24, 2.45) is 0 Å². The summed E-state index contributed by atoms with van der Waals surface area (Å²) in [7, 11) is 0. The Morgan fingerprint density at radius 1 is 0.714 bits per heavy atom. The van der Waals surface area contributed by atoms with Gasteiger partial charge in [0.2, 0.25) is 0 Å². The molecular weight excluding hydrogens is 527 g/mol. The van der Waals surface area contributed by atoms with E-state index in [-0.39, 0.29) is 42.6 Å². The number of rotatable bonds is 7. The van der Waals surface area contributed by atoms with Crippen LogP contribution in [-0.2, 0) is 25.9 Å². The molecular formula is C31H33Cl3Ti. The van der Waals surface area contributed by atoms with Crippen LogP contribution in [0.4, 0.5) is 0 Å². The van der Waals surface area contributed by atoms with Crippen LogP contribution >= 0.6 is 0 Å². The minimum absolute atomic E-state index is 0. The van der Waals surface area contributed by atoms with Crippen LogP contribution in [0.15, 0.2) is 93.9 Å². The van der Waals surface area contributed by atoms with Crippen LogP contribution in [0.3, 0.4) is 0 Å². The average Bonchev–Trinajstić information content (AvgIpc) is 3.14. The summed E-state index contributed by atoms with van der Waals surface area (Å²) in [5.74, 6) is 0. The molecule has 0 amide bonds. The number of benzene rings is 3. The van der Waals surface area contributed by atoms with Gasteiger partial charge in [-0.2, -0.15) is 0 Å². The van der Waals surface area contributed by atoms with Gasteiger partial charge in [0.15, 0.2) is 0 Å². The minimum Gasteiger partial charge on any atom is -1.00 e. The van der Waals surface area contributed by atoms with E-state index in [2.05, 4.69) is 127 Å². The van der Waals surface area contributed by atoms with Gasteiger partial charge in [-0.3, -0.25) is 0 Å². The zero-order chi connectivity index (χ0) is 22.7. The first kappa shape index (κ1) is 31.8. The normalized spacial score (nSPS) is 12.9. The summed E-state index contributed by atoms with van der Waals surface area (Å²) in [4.78, 5) is 0. The molecule has 35 heavy (non-hydrogen) atoms. The van der Waals surface area contributed by atoms with Crippen LogP contribution < -0.4 is 37.2 Å². The van der Waals surface area contributed by atoms with Gasteiger partial charge in [0, 0.05) is 0 Å². The molecule has 0 nitrogen and oxygen atoms in total. The molecule has 0 saturated carbocycles. The molecule has 3 aromatic carbocycles. The molecule has 0 N–H and O–H groups in total. The van der Waals surface area contributed by atoms with Crippen LogP contribution in [0, 0.1) is 20.8 Å². The van der Waals surface area contributed by atoms with Crippen LogP contribution in [0.2, 0.25) is 0 Å². The molecule has 0 aromatic heterocycles. The first-order valence-corrected chi connectivity index (χ1v) is 12.6. The van der Waals surface area contributed by atoms with Crippen LogP contribution in [0.5, 0.6) is 0 Å². The van der Waals surface area contributed by atoms with Crippen molar-refractivity contribution in [3.8, 4) is 0 Å². The molecule has 3 aromatic rings. The topological polar surface area (TPSA) is 0 Å². The van der Waals surface area contributed by atoms with Crippen molar-refractivity contribution < 1.29 is 57.7 Å². The van der Waals surface area contributed by atoms with Crippen molar-refractivity contribution in [2.45, 2.75) is 58.8 Å². The molecule has 182 valence electrons. The van der Waals surface area contributed by atoms with Crippen molar-refractivity contribution in [3.63, 3.8) is 0 Å². The SMILES string of the molecule is CCCCC1=C(C(c2cccc(C)c2)(c2cccc(C)c2)c2cccc(C)c2)CC=[C]1[Ti+3].[Cl-].[Cl-].[Cl-]. The zero-order valence-electron chi connectivity index (χ0n) is 21.0. The Kier molecular flexibility index (Phi) is 12.6. The number of hydrogen-bond donors (Lipinski definition) is 0. The van der Waals surface area contributed by atoms with E-state index in [1.807, 2.05) is 0 Å².